The van der Waals surface area contributed by atoms with Crippen LogP contribution in [0.2, 0.25) is 0 Å². The number of nitrogens with two attached hydrogens (primary N) is 1. The fourth-order valence-electron chi connectivity index (χ4n) is 1.44. The zero-order valence-corrected chi connectivity index (χ0v) is 10.4. The van der Waals surface area contributed by atoms with Gasteiger partial charge >= 0.3 is 11.1 Å². The van der Waals surface area contributed by atoms with Gasteiger partial charge in [0.25, 0.3) is 5.82 Å². The second kappa shape index (κ2) is 5.54. The van der Waals surface area contributed by atoms with Crippen LogP contribution in [0.25, 0.3) is 11.4 Å². The van der Waals surface area contributed by atoms with Gasteiger partial charge in [-0.1, -0.05) is 18.2 Å². The summed E-state index contributed by atoms with van der Waals surface area (Å²) < 4.78 is 1.43. The highest BCUT2D eigenvalue weighted by molar-refractivity contribution is 7.99. The number of nitrogens with zero attached hydrogens (tertiary/aromatic N) is 2. The highest BCUT2D eigenvalue weighted by atomic mass is 32.2. The number of carbonyl (C=O) groups is 1. The third-order valence-corrected chi connectivity index (χ3v) is 3.25. The highest BCUT2D eigenvalue weighted by Gasteiger charge is 2.19. The lowest BCUT2D eigenvalue weighted by Crippen LogP contribution is -2.47. The monoisotopic (exact) mass is 265 g/mol. The maximum Gasteiger partial charge on any atom is 0.358 e. The number of hydrogen-bond donors (Lipinski definition) is 3. The van der Waals surface area contributed by atoms with Crippen molar-refractivity contribution in [2.75, 3.05) is 11.6 Å². The minimum Gasteiger partial charge on any atom is -0.481 e. The number of aliphatic carboxylic acids is 1. The molecule has 0 saturated heterocycles. The summed E-state index contributed by atoms with van der Waals surface area (Å²) in [4.78, 5) is 10.4. The second-order valence-electron chi connectivity index (χ2n) is 3.58. The van der Waals surface area contributed by atoms with Crippen LogP contribution in [-0.2, 0) is 4.79 Å². The molecular weight excluding hydrogens is 252 g/mol. The van der Waals surface area contributed by atoms with Crippen molar-refractivity contribution in [3.63, 3.8) is 0 Å². The normalized spacial score (nSPS) is 10.4. The molecule has 0 spiro atoms. The van der Waals surface area contributed by atoms with Crippen molar-refractivity contribution >= 4 is 17.7 Å². The summed E-state index contributed by atoms with van der Waals surface area (Å²) in [7, 11) is 0. The molecule has 18 heavy (non-hydrogen) atoms. The Labute approximate surface area is 108 Å². The fourth-order valence-corrected chi connectivity index (χ4v) is 2.24. The second-order valence-corrected chi connectivity index (χ2v) is 4.65. The van der Waals surface area contributed by atoms with Crippen molar-refractivity contribution in [1.82, 2.24) is 10.2 Å². The number of carboxylic acids is 1. The molecule has 0 fully saturated rings. The molecule has 0 aliphatic rings. The van der Waals surface area contributed by atoms with E-state index in [1.165, 1.54) is 16.4 Å². The summed E-state index contributed by atoms with van der Waals surface area (Å²) in [5.74, 6) is 6.20. The van der Waals surface area contributed by atoms with Crippen LogP contribution in [0.5, 0.6) is 0 Å². The Balaban J connectivity index is 2.12. The Morgan fingerprint density at radius 3 is 2.83 bits per heavy atom. The van der Waals surface area contributed by atoms with Crippen LogP contribution in [0.15, 0.2) is 35.5 Å². The molecule has 1 aromatic carbocycles. The summed E-state index contributed by atoms with van der Waals surface area (Å²) in [5.41, 5.74) is 0.928. The van der Waals surface area contributed by atoms with Crippen molar-refractivity contribution in [1.29, 1.82) is 0 Å². The van der Waals surface area contributed by atoms with E-state index < -0.39 is 5.97 Å². The largest absolute Gasteiger partial charge is 0.481 e. The Kier molecular flexibility index (Phi) is 3.83. The molecule has 0 bridgehead atoms. The summed E-state index contributed by atoms with van der Waals surface area (Å²) in [6, 6.07) is 9.58. The van der Waals surface area contributed by atoms with Crippen LogP contribution in [0.4, 0.5) is 0 Å². The Morgan fingerprint density at radius 1 is 1.44 bits per heavy atom. The molecule has 4 N–H and O–H groups in total. The number of nitrogens with one attached hydrogen (secondary N) is 1. The number of nitrogen functional groups attached to an aromatic ring is 1. The van der Waals surface area contributed by atoms with Gasteiger partial charge in [-0.2, -0.15) is 0 Å². The van der Waals surface area contributed by atoms with E-state index in [0.29, 0.717) is 16.7 Å². The number of aromatic amines is 1. The molecule has 0 aliphatic heterocycles. The van der Waals surface area contributed by atoms with Crippen LogP contribution in [0.1, 0.15) is 6.42 Å². The Morgan fingerprint density at radius 2 is 2.17 bits per heavy atom. The van der Waals surface area contributed by atoms with E-state index in [0.717, 1.165) is 5.56 Å². The van der Waals surface area contributed by atoms with Gasteiger partial charge in [0.2, 0.25) is 0 Å². The van der Waals surface area contributed by atoms with Crippen LogP contribution < -0.4 is 10.5 Å². The van der Waals surface area contributed by atoms with E-state index in [-0.39, 0.29) is 6.42 Å². The molecule has 2 rings (SSSR count). The summed E-state index contributed by atoms with van der Waals surface area (Å²) in [6.07, 6.45) is 0.0815. The molecule has 0 amide bonds. The number of thioether (sulfide) groups is 1. The molecular formula is C11H13N4O2S+. The van der Waals surface area contributed by atoms with Gasteiger partial charge in [-0.15, -0.1) is 9.77 Å². The topological polar surface area (TPSA) is 95.9 Å². The maximum atomic E-state index is 10.4. The molecule has 0 unspecified atom stereocenters. The Bertz CT molecular complexity index is 541. The minimum absolute atomic E-state index is 0.0815. The predicted octanol–water partition coefficient (Wildman–Crippen LogP) is 0.645. The molecule has 2 aromatic rings. The third-order valence-electron chi connectivity index (χ3n) is 2.30. The van der Waals surface area contributed by atoms with Crippen molar-refractivity contribution in [3.05, 3.63) is 30.3 Å². The van der Waals surface area contributed by atoms with Crippen LogP contribution in [0, 0.1) is 0 Å². The molecule has 0 saturated carbocycles. The number of rotatable bonds is 5. The van der Waals surface area contributed by atoms with E-state index in [1.807, 2.05) is 30.3 Å². The van der Waals surface area contributed by atoms with Crippen molar-refractivity contribution in [2.24, 2.45) is 0 Å². The minimum atomic E-state index is -0.829. The zero-order chi connectivity index (χ0) is 13.0. The van der Waals surface area contributed by atoms with Crippen molar-refractivity contribution in [2.45, 2.75) is 11.6 Å². The summed E-state index contributed by atoms with van der Waals surface area (Å²) in [6.45, 7) is 0. The predicted molar refractivity (Wildman–Crippen MR) is 67.3 cm³/mol. The quantitative estimate of drug-likeness (QED) is 0.419. The number of aromatic nitrogens is 3. The lowest BCUT2D eigenvalue weighted by molar-refractivity contribution is -0.666. The smallest absolute Gasteiger partial charge is 0.358 e. The van der Waals surface area contributed by atoms with Gasteiger partial charge in [-0.3, -0.25) is 10.6 Å². The lowest BCUT2D eigenvalue weighted by Gasteiger charge is -1.96. The molecule has 0 radical (unpaired) electrons. The highest BCUT2D eigenvalue weighted by Crippen LogP contribution is 2.16. The van der Waals surface area contributed by atoms with E-state index >= 15 is 0 Å². The first-order valence-corrected chi connectivity index (χ1v) is 6.32. The standard InChI is InChI=1S/C11H12N4O2S/c12-15-10(8-4-2-1-3-5-8)13-14-11(15)18-7-6-9(16)17/h1-5H,6-7,12H2,(H,16,17)/p+1. The van der Waals surface area contributed by atoms with Crippen LogP contribution >= 0.6 is 11.8 Å². The summed E-state index contributed by atoms with van der Waals surface area (Å²) in [5, 5.41) is 16.0. The fraction of sp³-hybridized carbons (Fsp3) is 0.182. The first-order chi connectivity index (χ1) is 8.68. The SMILES string of the molecule is N[n+]1c(SCCC(=O)O)n[nH]c1-c1ccccc1. The van der Waals surface area contributed by atoms with Gasteiger partial charge in [-0.05, 0) is 23.9 Å². The van der Waals surface area contributed by atoms with Crippen molar-refractivity contribution in [3.8, 4) is 11.4 Å². The maximum absolute atomic E-state index is 10.4. The molecule has 1 heterocycles. The number of hydrogen-bond acceptors (Lipinski definition) is 4. The molecule has 1 aromatic heterocycles. The first-order valence-electron chi connectivity index (χ1n) is 5.34. The zero-order valence-electron chi connectivity index (χ0n) is 9.54. The molecule has 7 heteroatoms. The van der Waals surface area contributed by atoms with E-state index in [4.69, 9.17) is 10.9 Å². The lowest BCUT2D eigenvalue weighted by atomic mass is 10.2. The van der Waals surface area contributed by atoms with Crippen molar-refractivity contribution < 1.29 is 14.6 Å². The van der Waals surface area contributed by atoms with E-state index in [1.54, 1.807) is 0 Å². The van der Waals surface area contributed by atoms with Gasteiger partial charge in [0.05, 0.1) is 17.1 Å². The van der Waals surface area contributed by atoms with Crippen LogP contribution in [0.3, 0.4) is 0 Å². The van der Waals surface area contributed by atoms with Gasteiger partial charge in [0, 0.05) is 5.75 Å². The Hall–Kier alpha value is -2.02. The molecule has 94 valence electrons. The number of H-pyrrole nitrogens is 1. The third kappa shape index (κ3) is 2.80. The molecule has 0 atom stereocenters. The van der Waals surface area contributed by atoms with Crippen LogP contribution in [-0.4, -0.2) is 27.0 Å². The van der Waals surface area contributed by atoms with Gasteiger partial charge in [-0.25, -0.2) is 0 Å². The van der Waals surface area contributed by atoms with E-state index in [2.05, 4.69) is 10.2 Å². The van der Waals surface area contributed by atoms with Gasteiger partial charge < -0.3 is 5.11 Å². The van der Waals surface area contributed by atoms with Gasteiger partial charge in [0.1, 0.15) is 0 Å². The van der Waals surface area contributed by atoms with E-state index in [9.17, 15) is 4.79 Å². The molecule has 6 nitrogen and oxygen atoms in total. The number of benzene rings is 1. The summed E-state index contributed by atoms with van der Waals surface area (Å²) >= 11 is 1.31. The molecule has 0 aliphatic carbocycles. The average molecular weight is 265 g/mol. The number of carboxylic acid groups (broad SMARTS) is 1. The van der Waals surface area contributed by atoms with Gasteiger partial charge in [0.15, 0.2) is 0 Å². The average Bonchev–Trinajstić information content (AvgIpc) is 2.72. The first kappa shape index (κ1) is 12.4.